The Morgan fingerprint density at radius 1 is 1.12 bits per heavy atom. The van der Waals surface area contributed by atoms with Gasteiger partial charge in [-0.3, -0.25) is 9.69 Å². The van der Waals surface area contributed by atoms with E-state index in [-0.39, 0.29) is 11.7 Å². The van der Waals surface area contributed by atoms with Gasteiger partial charge in [0.2, 0.25) is 0 Å². The fourth-order valence-corrected chi connectivity index (χ4v) is 3.88. The molecule has 0 unspecified atom stereocenters. The van der Waals surface area contributed by atoms with Crippen molar-refractivity contribution in [3.8, 4) is 0 Å². The van der Waals surface area contributed by atoms with Crippen molar-refractivity contribution in [1.29, 1.82) is 0 Å². The van der Waals surface area contributed by atoms with E-state index < -0.39 is 0 Å². The van der Waals surface area contributed by atoms with E-state index >= 15 is 0 Å². The molecule has 2 saturated heterocycles. The number of nitrogens with zero attached hydrogens (tertiary/aromatic N) is 4. The highest BCUT2D eigenvalue weighted by Gasteiger charge is 2.41. The Morgan fingerprint density at radius 3 is 2.58 bits per heavy atom. The molecule has 1 aromatic carbocycles. The van der Waals surface area contributed by atoms with Crippen LogP contribution in [0.4, 0.5) is 4.39 Å². The molecule has 0 aliphatic carbocycles. The van der Waals surface area contributed by atoms with Gasteiger partial charge in [-0.1, -0.05) is 12.1 Å². The maximum Gasteiger partial charge on any atom is 0.255 e. The summed E-state index contributed by atoms with van der Waals surface area (Å²) in [7, 11) is 0. The number of fused-ring (bicyclic) bond motifs is 1. The normalized spacial score (nSPS) is 23.5. The molecule has 4 rings (SSSR count). The van der Waals surface area contributed by atoms with Crippen molar-refractivity contribution in [2.45, 2.75) is 6.54 Å². The quantitative estimate of drug-likeness (QED) is 0.863. The summed E-state index contributed by atoms with van der Waals surface area (Å²) >= 11 is 0. The summed E-state index contributed by atoms with van der Waals surface area (Å²) in [4.78, 5) is 16.8. The second-order valence-corrected chi connectivity index (χ2v) is 6.69. The van der Waals surface area contributed by atoms with E-state index in [2.05, 4.69) is 15.1 Å². The molecule has 1 aromatic heterocycles. The molecule has 0 radical (unpaired) electrons. The number of halogens is 1. The highest BCUT2D eigenvalue weighted by Crippen LogP contribution is 2.32. The number of aromatic nitrogens is 2. The molecular formula is C18H19FN4O. The van der Waals surface area contributed by atoms with Crippen LogP contribution in [-0.2, 0) is 6.54 Å². The molecule has 2 aliphatic heterocycles. The molecule has 0 N–H and O–H groups in total. The highest BCUT2D eigenvalue weighted by atomic mass is 19.1. The van der Waals surface area contributed by atoms with Gasteiger partial charge in [0.25, 0.3) is 5.91 Å². The third kappa shape index (κ3) is 3.01. The molecule has 2 fully saturated rings. The fraction of sp³-hybridized carbons (Fsp3) is 0.389. The third-order valence-corrected chi connectivity index (χ3v) is 4.98. The molecular weight excluding hydrogens is 307 g/mol. The first kappa shape index (κ1) is 15.2. The first-order chi connectivity index (χ1) is 11.7. The highest BCUT2D eigenvalue weighted by molar-refractivity contribution is 5.94. The van der Waals surface area contributed by atoms with Gasteiger partial charge in [0, 0.05) is 32.7 Å². The Hall–Kier alpha value is -2.34. The molecule has 0 spiro atoms. The zero-order valence-electron chi connectivity index (χ0n) is 13.3. The Labute approximate surface area is 140 Å². The zero-order valence-corrected chi connectivity index (χ0v) is 13.3. The average Bonchev–Trinajstić information content (AvgIpc) is 3.13. The molecule has 124 valence electrons. The topological polar surface area (TPSA) is 49.3 Å². The largest absolute Gasteiger partial charge is 0.338 e. The molecule has 2 aromatic rings. The molecule has 3 heterocycles. The maximum absolute atomic E-state index is 13.3. The second-order valence-electron chi connectivity index (χ2n) is 6.69. The third-order valence-electron chi connectivity index (χ3n) is 4.98. The summed E-state index contributed by atoms with van der Waals surface area (Å²) in [5, 5.41) is 7.49. The molecule has 0 bridgehead atoms. The van der Waals surface area contributed by atoms with Gasteiger partial charge >= 0.3 is 0 Å². The van der Waals surface area contributed by atoms with Crippen molar-refractivity contribution in [3.63, 3.8) is 0 Å². The van der Waals surface area contributed by atoms with Gasteiger partial charge in [-0.25, -0.2) is 4.39 Å². The summed E-state index contributed by atoms with van der Waals surface area (Å²) in [5.41, 5.74) is 1.60. The molecule has 2 atom stereocenters. The SMILES string of the molecule is O=C(c1ccnnc1)N1C[C@H]2CN(Cc3cccc(F)c3)C[C@H]2C1. The summed E-state index contributed by atoms with van der Waals surface area (Å²) < 4.78 is 13.3. The number of benzene rings is 1. The minimum atomic E-state index is -0.186. The molecule has 1 amide bonds. The van der Waals surface area contributed by atoms with E-state index in [9.17, 15) is 9.18 Å². The summed E-state index contributed by atoms with van der Waals surface area (Å²) in [6, 6.07) is 8.49. The molecule has 2 aliphatic rings. The van der Waals surface area contributed by atoms with Crippen LogP contribution in [0.5, 0.6) is 0 Å². The number of carbonyl (C=O) groups excluding carboxylic acids is 1. The summed E-state index contributed by atoms with van der Waals surface area (Å²) in [6.45, 7) is 4.25. The van der Waals surface area contributed by atoms with Crippen LogP contribution in [0.2, 0.25) is 0 Å². The van der Waals surface area contributed by atoms with Gasteiger partial charge in [-0.15, -0.1) is 0 Å². The van der Waals surface area contributed by atoms with E-state index in [0.717, 1.165) is 38.3 Å². The van der Waals surface area contributed by atoms with Crippen molar-refractivity contribution < 1.29 is 9.18 Å². The van der Waals surface area contributed by atoms with Gasteiger partial charge in [0.1, 0.15) is 5.82 Å². The lowest BCUT2D eigenvalue weighted by atomic mass is 10.0. The van der Waals surface area contributed by atoms with Crippen molar-refractivity contribution in [2.75, 3.05) is 26.2 Å². The zero-order chi connectivity index (χ0) is 16.5. The average molecular weight is 326 g/mol. The lowest BCUT2D eigenvalue weighted by Gasteiger charge is -2.21. The van der Waals surface area contributed by atoms with Crippen LogP contribution in [0.1, 0.15) is 15.9 Å². The van der Waals surface area contributed by atoms with Crippen molar-refractivity contribution in [1.82, 2.24) is 20.0 Å². The van der Waals surface area contributed by atoms with Crippen LogP contribution in [-0.4, -0.2) is 52.1 Å². The number of likely N-dealkylation sites (tertiary alicyclic amines) is 2. The first-order valence-corrected chi connectivity index (χ1v) is 8.22. The number of amides is 1. The fourth-order valence-electron chi connectivity index (χ4n) is 3.88. The smallest absolute Gasteiger partial charge is 0.255 e. The monoisotopic (exact) mass is 326 g/mol. The van der Waals surface area contributed by atoms with Crippen LogP contribution >= 0.6 is 0 Å². The molecule has 5 nitrogen and oxygen atoms in total. The van der Waals surface area contributed by atoms with Crippen molar-refractivity contribution >= 4 is 5.91 Å². The van der Waals surface area contributed by atoms with E-state index in [1.807, 2.05) is 11.0 Å². The van der Waals surface area contributed by atoms with Gasteiger partial charge in [0.05, 0.1) is 18.0 Å². The number of hydrogen-bond acceptors (Lipinski definition) is 4. The number of carbonyl (C=O) groups is 1. The summed E-state index contributed by atoms with van der Waals surface area (Å²) in [5.74, 6) is 0.847. The molecule has 6 heteroatoms. The molecule has 0 saturated carbocycles. The van der Waals surface area contributed by atoms with Gasteiger partial charge < -0.3 is 4.90 Å². The second kappa shape index (κ2) is 6.28. The Balaban J connectivity index is 1.36. The number of hydrogen-bond donors (Lipinski definition) is 0. The minimum Gasteiger partial charge on any atom is -0.338 e. The Morgan fingerprint density at radius 2 is 1.92 bits per heavy atom. The van der Waals surface area contributed by atoms with Crippen molar-refractivity contribution in [2.24, 2.45) is 11.8 Å². The lowest BCUT2D eigenvalue weighted by molar-refractivity contribution is 0.0772. The minimum absolute atomic E-state index is 0.0379. The number of rotatable bonds is 3. The Kier molecular flexibility index (Phi) is 3.98. The van der Waals surface area contributed by atoms with Crippen molar-refractivity contribution in [3.05, 3.63) is 59.7 Å². The van der Waals surface area contributed by atoms with Crippen LogP contribution in [0.15, 0.2) is 42.7 Å². The lowest BCUT2D eigenvalue weighted by Crippen LogP contribution is -2.33. The van der Waals surface area contributed by atoms with Crippen LogP contribution in [0.25, 0.3) is 0 Å². The van der Waals surface area contributed by atoms with Gasteiger partial charge in [-0.2, -0.15) is 10.2 Å². The first-order valence-electron chi connectivity index (χ1n) is 8.22. The van der Waals surface area contributed by atoms with Gasteiger partial charge in [-0.05, 0) is 35.6 Å². The standard InChI is InChI=1S/C18H19FN4O/c19-17-3-1-2-13(6-17)8-22-9-15-11-23(12-16(15)10-22)18(24)14-4-5-20-21-7-14/h1-7,15-16H,8-12H2/t15-,16+. The van der Waals surface area contributed by atoms with E-state index in [0.29, 0.717) is 17.4 Å². The van der Waals surface area contributed by atoms with Crippen LogP contribution in [0.3, 0.4) is 0 Å². The van der Waals surface area contributed by atoms with E-state index in [1.54, 1.807) is 24.4 Å². The van der Waals surface area contributed by atoms with Crippen LogP contribution < -0.4 is 0 Å². The molecule has 24 heavy (non-hydrogen) atoms. The Bertz CT molecular complexity index is 725. The van der Waals surface area contributed by atoms with Crippen LogP contribution in [0, 0.1) is 17.7 Å². The predicted molar refractivity (Wildman–Crippen MR) is 86.6 cm³/mol. The summed E-state index contributed by atoms with van der Waals surface area (Å²) in [6.07, 6.45) is 3.07. The van der Waals surface area contributed by atoms with Gasteiger partial charge in [0.15, 0.2) is 0 Å². The maximum atomic E-state index is 13.3. The predicted octanol–water partition coefficient (Wildman–Crippen LogP) is 1.82. The van der Waals surface area contributed by atoms with E-state index in [4.69, 9.17) is 0 Å². The van der Waals surface area contributed by atoms with E-state index in [1.165, 1.54) is 12.3 Å².